The van der Waals surface area contributed by atoms with E-state index in [2.05, 4.69) is 10.6 Å². The second-order valence-electron chi connectivity index (χ2n) is 5.23. The summed E-state index contributed by atoms with van der Waals surface area (Å²) >= 11 is 5.89. The van der Waals surface area contributed by atoms with E-state index in [1.54, 1.807) is 0 Å². The molecule has 0 aliphatic heterocycles. The highest BCUT2D eigenvalue weighted by Crippen LogP contribution is 2.22. The van der Waals surface area contributed by atoms with Crippen LogP contribution in [0.1, 0.15) is 38.5 Å². The van der Waals surface area contributed by atoms with Gasteiger partial charge in [-0.15, -0.1) is 0 Å². The van der Waals surface area contributed by atoms with Gasteiger partial charge in [-0.2, -0.15) is 0 Å². The minimum Gasteiger partial charge on any atom is -0.375 e. The molecule has 1 aliphatic carbocycles. The zero-order valence-corrected chi connectivity index (χ0v) is 12.2. The van der Waals surface area contributed by atoms with Crippen molar-refractivity contribution < 1.29 is 9.18 Å². The molecule has 0 aromatic heterocycles. The molecule has 0 radical (unpaired) electrons. The van der Waals surface area contributed by atoms with E-state index in [0.29, 0.717) is 5.69 Å². The SMILES string of the molecule is O=C(CNc1ccc(F)cc1Cl)NC1CCCCCC1. The van der Waals surface area contributed by atoms with Crippen molar-refractivity contribution in [3.8, 4) is 0 Å². The average molecular weight is 299 g/mol. The summed E-state index contributed by atoms with van der Waals surface area (Å²) in [5, 5.41) is 6.26. The Hall–Kier alpha value is -1.29. The molecule has 0 heterocycles. The molecule has 0 saturated heterocycles. The van der Waals surface area contributed by atoms with Crippen molar-refractivity contribution in [3.63, 3.8) is 0 Å². The van der Waals surface area contributed by atoms with Crippen molar-refractivity contribution in [2.45, 2.75) is 44.6 Å². The summed E-state index contributed by atoms with van der Waals surface area (Å²) in [7, 11) is 0. The van der Waals surface area contributed by atoms with E-state index in [1.807, 2.05) is 0 Å². The van der Waals surface area contributed by atoms with Crippen LogP contribution < -0.4 is 10.6 Å². The molecule has 20 heavy (non-hydrogen) atoms. The molecular formula is C15H20ClFN2O. The second kappa shape index (κ2) is 7.48. The van der Waals surface area contributed by atoms with Gasteiger partial charge in [0.25, 0.3) is 0 Å². The number of hydrogen-bond donors (Lipinski definition) is 2. The van der Waals surface area contributed by atoms with Crippen LogP contribution in [0.2, 0.25) is 5.02 Å². The number of benzene rings is 1. The van der Waals surface area contributed by atoms with Gasteiger partial charge in [0, 0.05) is 6.04 Å². The number of carbonyl (C=O) groups excluding carboxylic acids is 1. The fraction of sp³-hybridized carbons (Fsp3) is 0.533. The standard InChI is InChI=1S/C15H20ClFN2O/c16-13-9-11(17)7-8-14(13)18-10-15(20)19-12-5-3-1-2-4-6-12/h7-9,12,18H,1-6,10H2,(H,19,20). The summed E-state index contributed by atoms with van der Waals surface area (Å²) in [4.78, 5) is 11.9. The van der Waals surface area contributed by atoms with Crippen molar-refractivity contribution in [3.05, 3.63) is 29.0 Å². The Bertz CT molecular complexity index is 459. The Morgan fingerprint density at radius 2 is 1.95 bits per heavy atom. The maximum Gasteiger partial charge on any atom is 0.239 e. The van der Waals surface area contributed by atoms with E-state index >= 15 is 0 Å². The smallest absolute Gasteiger partial charge is 0.239 e. The van der Waals surface area contributed by atoms with Crippen LogP contribution in [0, 0.1) is 5.82 Å². The van der Waals surface area contributed by atoms with Gasteiger partial charge in [-0.3, -0.25) is 4.79 Å². The van der Waals surface area contributed by atoms with E-state index in [1.165, 1.54) is 43.9 Å². The molecule has 1 amide bonds. The Morgan fingerprint density at radius 3 is 2.60 bits per heavy atom. The van der Waals surface area contributed by atoms with Crippen LogP contribution in [0.5, 0.6) is 0 Å². The first-order valence-corrected chi connectivity index (χ1v) is 7.51. The number of amides is 1. The highest BCUT2D eigenvalue weighted by Gasteiger charge is 2.14. The summed E-state index contributed by atoms with van der Waals surface area (Å²) in [6, 6.07) is 4.37. The van der Waals surface area contributed by atoms with Gasteiger partial charge in [0.15, 0.2) is 0 Å². The van der Waals surface area contributed by atoms with Crippen LogP contribution >= 0.6 is 11.6 Å². The third-order valence-electron chi connectivity index (χ3n) is 3.59. The monoisotopic (exact) mass is 298 g/mol. The Morgan fingerprint density at radius 1 is 1.25 bits per heavy atom. The van der Waals surface area contributed by atoms with Crippen molar-refractivity contribution in [1.29, 1.82) is 0 Å². The second-order valence-corrected chi connectivity index (χ2v) is 5.64. The largest absolute Gasteiger partial charge is 0.375 e. The molecule has 1 fully saturated rings. The average Bonchev–Trinajstić information content (AvgIpc) is 2.66. The quantitative estimate of drug-likeness (QED) is 0.832. The molecule has 0 bridgehead atoms. The van der Waals surface area contributed by atoms with E-state index in [0.717, 1.165) is 12.8 Å². The maximum absolute atomic E-state index is 12.9. The van der Waals surface area contributed by atoms with E-state index in [9.17, 15) is 9.18 Å². The van der Waals surface area contributed by atoms with Gasteiger partial charge in [-0.25, -0.2) is 4.39 Å². The maximum atomic E-state index is 12.9. The topological polar surface area (TPSA) is 41.1 Å². The number of rotatable bonds is 4. The first-order chi connectivity index (χ1) is 9.65. The molecule has 2 rings (SSSR count). The molecule has 0 spiro atoms. The van der Waals surface area contributed by atoms with Crippen molar-refractivity contribution in [1.82, 2.24) is 5.32 Å². The summed E-state index contributed by atoms with van der Waals surface area (Å²) in [5.41, 5.74) is 0.573. The Balaban J connectivity index is 1.79. The number of carbonyl (C=O) groups is 1. The highest BCUT2D eigenvalue weighted by molar-refractivity contribution is 6.33. The Labute approximate surface area is 123 Å². The molecule has 2 N–H and O–H groups in total. The number of halogens is 2. The summed E-state index contributed by atoms with van der Waals surface area (Å²) < 4.78 is 12.9. The summed E-state index contributed by atoms with van der Waals surface area (Å²) in [5.74, 6) is -0.430. The normalized spacial score (nSPS) is 16.5. The van der Waals surface area contributed by atoms with E-state index in [4.69, 9.17) is 11.6 Å². The highest BCUT2D eigenvalue weighted by atomic mass is 35.5. The molecule has 1 saturated carbocycles. The summed E-state index contributed by atoms with van der Waals surface area (Å²) in [6.45, 7) is 0.155. The van der Waals surface area contributed by atoms with Gasteiger partial charge in [0.05, 0.1) is 17.3 Å². The molecule has 1 aliphatic rings. The Kier molecular flexibility index (Phi) is 5.65. The van der Waals surface area contributed by atoms with Crippen molar-refractivity contribution >= 4 is 23.2 Å². The molecule has 5 heteroatoms. The summed E-state index contributed by atoms with van der Waals surface area (Å²) in [6.07, 6.45) is 7.00. The van der Waals surface area contributed by atoms with Crippen molar-refractivity contribution in [2.75, 3.05) is 11.9 Å². The third kappa shape index (κ3) is 4.67. The molecule has 1 aromatic rings. The van der Waals surface area contributed by atoms with Gasteiger partial charge in [-0.05, 0) is 31.0 Å². The lowest BCUT2D eigenvalue weighted by Gasteiger charge is -2.17. The molecule has 110 valence electrons. The van der Waals surface area contributed by atoms with Gasteiger partial charge < -0.3 is 10.6 Å². The predicted octanol–water partition coefficient (Wildman–Crippen LogP) is 3.73. The van der Waals surface area contributed by atoms with Gasteiger partial charge in [0.2, 0.25) is 5.91 Å². The molecule has 0 unspecified atom stereocenters. The predicted molar refractivity (Wildman–Crippen MR) is 79.5 cm³/mol. The van der Waals surface area contributed by atoms with Crippen LogP contribution in [0.3, 0.4) is 0 Å². The zero-order chi connectivity index (χ0) is 14.4. The van der Waals surface area contributed by atoms with Crippen LogP contribution in [0.15, 0.2) is 18.2 Å². The molecular weight excluding hydrogens is 279 g/mol. The third-order valence-corrected chi connectivity index (χ3v) is 3.90. The zero-order valence-electron chi connectivity index (χ0n) is 11.4. The fourth-order valence-electron chi connectivity index (χ4n) is 2.51. The molecule has 3 nitrogen and oxygen atoms in total. The molecule has 0 atom stereocenters. The van der Waals surface area contributed by atoms with Crippen molar-refractivity contribution in [2.24, 2.45) is 0 Å². The number of anilines is 1. The lowest BCUT2D eigenvalue weighted by molar-refractivity contribution is -0.120. The van der Waals surface area contributed by atoms with Gasteiger partial charge in [-0.1, -0.05) is 37.3 Å². The van der Waals surface area contributed by atoms with E-state index in [-0.39, 0.29) is 29.3 Å². The molecule has 1 aromatic carbocycles. The lowest BCUT2D eigenvalue weighted by Crippen LogP contribution is -2.38. The fourth-order valence-corrected chi connectivity index (χ4v) is 2.74. The lowest BCUT2D eigenvalue weighted by atomic mass is 10.1. The number of hydrogen-bond acceptors (Lipinski definition) is 2. The van der Waals surface area contributed by atoms with E-state index < -0.39 is 0 Å². The first-order valence-electron chi connectivity index (χ1n) is 7.13. The van der Waals surface area contributed by atoms with Crippen LogP contribution in [0.25, 0.3) is 0 Å². The van der Waals surface area contributed by atoms with Gasteiger partial charge >= 0.3 is 0 Å². The number of nitrogens with one attached hydrogen (secondary N) is 2. The van der Waals surface area contributed by atoms with Crippen LogP contribution in [0.4, 0.5) is 10.1 Å². The minimum absolute atomic E-state index is 0.0442. The first kappa shape index (κ1) is 15.1. The van der Waals surface area contributed by atoms with Crippen LogP contribution in [-0.4, -0.2) is 18.5 Å². The van der Waals surface area contributed by atoms with Gasteiger partial charge in [0.1, 0.15) is 5.82 Å². The minimum atomic E-state index is -0.386. The van der Waals surface area contributed by atoms with Crippen LogP contribution in [-0.2, 0) is 4.79 Å².